The van der Waals surface area contributed by atoms with Crippen LogP contribution in [-0.2, 0) is 0 Å². The number of nitrogens with one attached hydrogen (secondary N) is 1. The SMILES string of the molecule is O=c1[nH]c(-c2c(Br)cccc2Br)nc2ccccc12. The van der Waals surface area contributed by atoms with E-state index in [4.69, 9.17) is 0 Å². The van der Waals surface area contributed by atoms with E-state index in [2.05, 4.69) is 41.8 Å². The molecule has 0 fully saturated rings. The molecule has 3 aromatic rings. The molecule has 19 heavy (non-hydrogen) atoms. The van der Waals surface area contributed by atoms with Crippen LogP contribution in [0.1, 0.15) is 0 Å². The van der Waals surface area contributed by atoms with Gasteiger partial charge in [-0.15, -0.1) is 0 Å². The molecule has 0 amide bonds. The number of para-hydroxylation sites is 1. The third-order valence-corrected chi connectivity index (χ3v) is 4.13. The lowest BCUT2D eigenvalue weighted by molar-refractivity contribution is 1.17. The topological polar surface area (TPSA) is 45.8 Å². The summed E-state index contributed by atoms with van der Waals surface area (Å²) in [4.78, 5) is 19.4. The minimum Gasteiger partial charge on any atom is -0.306 e. The van der Waals surface area contributed by atoms with Gasteiger partial charge in [0.15, 0.2) is 0 Å². The summed E-state index contributed by atoms with van der Waals surface area (Å²) >= 11 is 6.96. The number of benzene rings is 2. The van der Waals surface area contributed by atoms with Gasteiger partial charge in [0.2, 0.25) is 0 Å². The number of rotatable bonds is 1. The summed E-state index contributed by atoms with van der Waals surface area (Å²) < 4.78 is 1.75. The summed E-state index contributed by atoms with van der Waals surface area (Å²) in [6.45, 7) is 0. The van der Waals surface area contributed by atoms with Crippen molar-refractivity contribution in [3.05, 3.63) is 61.8 Å². The number of halogens is 2. The number of H-pyrrole nitrogens is 1. The Morgan fingerprint density at radius 3 is 2.37 bits per heavy atom. The van der Waals surface area contributed by atoms with Crippen LogP contribution in [0, 0.1) is 0 Å². The zero-order valence-electron chi connectivity index (χ0n) is 9.65. The highest BCUT2D eigenvalue weighted by Gasteiger charge is 2.11. The Morgan fingerprint density at radius 2 is 1.63 bits per heavy atom. The van der Waals surface area contributed by atoms with Gasteiger partial charge in [-0.05, 0) is 56.1 Å². The van der Waals surface area contributed by atoms with Crippen molar-refractivity contribution in [2.45, 2.75) is 0 Å². The van der Waals surface area contributed by atoms with Crippen LogP contribution in [0.3, 0.4) is 0 Å². The fraction of sp³-hybridized carbons (Fsp3) is 0. The zero-order valence-corrected chi connectivity index (χ0v) is 12.8. The third kappa shape index (κ3) is 2.24. The lowest BCUT2D eigenvalue weighted by Crippen LogP contribution is -2.09. The van der Waals surface area contributed by atoms with Gasteiger partial charge in [-0.2, -0.15) is 0 Å². The van der Waals surface area contributed by atoms with E-state index in [-0.39, 0.29) is 5.56 Å². The van der Waals surface area contributed by atoms with E-state index in [0.29, 0.717) is 16.7 Å². The first-order chi connectivity index (χ1) is 9.16. The second kappa shape index (κ2) is 4.90. The van der Waals surface area contributed by atoms with Crippen molar-refractivity contribution in [3.8, 4) is 11.4 Å². The van der Waals surface area contributed by atoms with Gasteiger partial charge in [-0.1, -0.05) is 18.2 Å². The molecule has 0 spiro atoms. The van der Waals surface area contributed by atoms with Crippen molar-refractivity contribution in [1.29, 1.82) is 0 Å². The van der Waals surface area contributed by atoms with E-state index in [1.807, 2.05) is 36.4 Å². The smallest absolute Gasteiger partial charge is 0.259 e. The number of hydrogen-bond acceptors (Lipinski definition) is 2. The van der Waals surface area contributed by atoms with Gasteiger partial charge in [0.05, 0.1) is 10.9 Å². The summed E-state index contributed by atoms with van der Waals surface area (Å²) in [5.74, 6) is 0.544. The lowest BCUT2D eigenvalue weighted by atomic mass is 10.2. The molecule has 0 unspecified atom stereocenters. The van der Waals surface area contributed by atoms with Crippen LogP contribution in [0.25, 0.3) is 22.3 Å². The van der Waals surface area contributed by atoms with Crippen molar-refractivity contribution in [3.63, 3.8) is 0 Å². The minimum atomic E-state index is -0.136. The molecule has 94 valence electrons. The molecule has 0 aliphatic carbocycles. The first-order valence-corrected chi connectivity index (χ1v) is 7.19. The van der Waals surface area contributed by atoms with E-state index in [1.165, 1.54) is 0 Å². The first-order valence-electron chi connectivity index (χ1n) is 5.60. The Bertz CT molecular complexity index is 807. The highest BCUT2D eigenvalue weighted by atomic mass is 79.9. The Morgan fingerprint density at radius 1 is 0.947 bits per heavy atom. The molecule has 0 atom stereocenters. The largest absolute Gasteiger partial charge is 0.306 e. The van der Waals surface area contributed by atoms with Gasteiger partial charge >= 0.3 is 0 Å². The molecule has 1 N–H and O–H groups in total. The second-order valence-electron chi connectivity index (χ2n) is 4.03. The number of aromatic nitrogens is 2. The Balaban J connectivity index is 2.35. The summed E-state index contributed by atoms with van der Waals surface area (Å²) in [6.07, 6.45) is 0. The van der Waals surface area contributed by atoms with Gasteiger partial charge < -0.3 is 4.98 Å². The molecule has 0 bridgehead atoms. The molecular formula is C14H8Br2N2O. The molecule has 0 aliphatic rings. The van der Waals surface area contributed by atoms with Gasteiger partial charge in [0, 0.05) is 14.5 Å². The van der Waals surface area contributed by atoms with Crippen LogP contribution in [0.4, 0.5) is 0 Å². The van der Waals surface area contributed by atoms with E-state index < -0.39 is 0 Å². The molecule has 0 aliphatic heterocycles. The summed E-state index contributed by atoms with van der Waals surface area (Å²) in [7, 11) is 0. The Labute approximate surface area is 126 Å². The van der Waals surface area contributed by atoms with E-state index >= 15 is 0 Å². The van der Waals surface area contributed by atoms with Crippen LogP contribution >= 0.6 is 31.9 Å². The minimum absolute atomic E-state index is 0.136. The molecule has 1 aromatic heterocycles. The molecular weight excluding hydrogens is 372 g/mol. The van der Waals surface area contributed by atoms with Crippen molar-refractivity contribution in [2.75, 3.05) is 0 Å². The fourth-order valence-corrected chi connectivity index (χ4v) is 3.30. The average Bonchev–Trinajstić information content (AvgIpc) is 2.38. The maximum atomic E-state index is 12.1. The van der Waals surface area contributed by atoms with Crippen molar-refractivity contribution < 1.29 is 0 Å². The first kappa shape index (κ1) is 12.6. The van der Waals surface area contributed by atoms with Crippen LogP contribution in [0.2, 0.25) is 0 Å². The predicted molar refractivity (Wildman–Crippen MR) is 83.2 cm³/mol. The standard InChI is InChI=1S/C14H8Br2N2O/c15-9-5-3-6-10(16)12(9)13-17-11-7-2-1-4-8(11)14(19)18-13/h1-7H,(H,17,18,19). The summed E-state index contributed by atoms with van der Waals surface area (Å²) in [6, 6.07) is 13.0. The fourth-order valence-electron chi connectivity index (χ4n) is 1.93. The Kier molecular flexibility index (Phi) is 3.24. The quantitative estimate of drug-likeness (QED) is 0.691. The maximum absolute atomic E-state index is 12.1. The van der Waals surface area contributed by atoms with Gasteiger partial charge in [-0.3, -0.25) is 4.79 Å². The Hall–Kier alpha value is -1.46. The van der Waals surface area contributed by atoms with Crippen molar-refractivity contribution in [2.24, 2.45) is 0 Å². The van der Waals surface area contributed by atoms with Gasteiger partial charge in [0.25, 0.3) is 5.56 Å². The highest BCUT2D eigenvalue weighted by Crippen LogP contribution is 2.32. The van der Waals surface area contributed by atoms with Gasteiger partial charge in [-0.25, -0.2) is 4.98 Å². The normalized spacial score (nSPS) is 10.8. The monoisotopic (exact) mass is 378 g/mol. The summed E-state index contributed by atoms with van der Waals surface area (Å²) in [5.41, 5.74) is 1.39. The van der Waals surface area contributed by atoms with Crippen molar-refractivity contribution >= 4 is 42.8 Å². The van der Waals surface area contributed by atoms with Gasteiger partial charge in [0.1, 0.15) is 5.82 Å². The van der Waals surface area contributed by atoms with Crippen LogP contribution in [0.15, 0.2) is 56.2 Å². The molecule has 3 nitrogen and oxygen atoms in total. The molecule has 0 saturated heterocycles. The molecule has 1 heterocycles. The molecule has 5 heteroatoms. The number of fused-ring (bicyclic) bond motifs is 1. The maximum Gasteiger partial charge on any atom is 0.259 e. The van der Waals surface area contributed by atoms with E-state index in [9.17, 15) is 4.79 Å². The number of aromatic amines is 1. The van der Waals surface area contributed by atoms with Crippen LogP contribution in [-0.4, -0.2) is 9.97 Å². The predicted octanol–water partition coefficient (Wildman–Crippen LogP) is 4.12. The highest BCUT2D eigenvalue weighted by molar-refractivity contribution is 9.11. The molecule has 3 rings (SSSR count). The number of hydrogen-bond donors (Lipinski definition) is 1. The zero-order chi connectivity index (χ0) is 13.4. The number of nitrogens with zero attached hydrogens (tertiary/aromatic N) is 1. The molecule has 2 aromatic carbocycles. The second-order valence-corrected chi connectivity index (χ2v) is 5.74. The average molecular weight is 380 g/mol. The molecule has 0 radical (unpaired) electrons. The van der Waals surface area contributed by atoms with Crippen molar-refractivity contribution in [1.82, 2.24) is 9.97 Å². The van der Waals surface area contributed by atoms with E-state index in [1.54, 1.807) is 6.07 Å². The third-order valence-electron chi connectivity index (χ3n) is 2.81. The van der Waals surface area contributed by atoms with Crippen LogP contribution < -0.4 is 5.56 Å². The molecule has 0 saturated carbocycles. The van der Waals surface area contributed by atoms with Crippen LogP contribution in [0.5, 0.6) is 0 Å². The lowest BCUT2D eigenvalue weighted by Gasteiger charge is -2.07. The van der Waals surface area contributed by atoms with E-state index in [0.717, 1.165) is 14.5 Å². The summed E-state index contributed by atoms with van der Waals surface area (Å²) in [5, 5.41) is 0.592.